The van der Waals surface area contributed by atoms with Gasteiger partial charge in [-0.25, -0.2) is 8.78 Å². The fourth-order valence-electron chi connectivity index (χ4n) is 1.53. The second-order valence-corrected chi connectivity index (χ2v) is 3.89. The molecule has 94 valence electrons. The van der Waals surface area contributed by atoms with Gasteiger partial charge < -0.3 is 9.72 Å². The fraction of sp³-hybridized carbons (Fsp3) is 0.154. The Morgan fingerprint density at radius 2 is 2.00 bits per heavy atom. The van der Waals surface area contributed by atoms with Gasteiger partial charge in [0.1, 0.15) is 24.0 Å². The summed E-state index contributed by atoms with van der Waals surface area (Å²) in [6.07, 6.45) is 0. The lowest BCUT2D eigenvalue weighted by Gasteiger charge is -2.07. The fourth-order valence-corrected chi connectivity index (χ4v) is 1.53. The second kappa shape index (κ2) is 5.00. The first-order valence-electron chi connectivity index (χ1n) is 5.32. The van der Waals surface area contributed by atoms with Crippen LogP contribution in [0, 0.1) is 18.6 Å². The van der Waals surface area contributed by atoms with Crippen LogP contribution in [0.25, 0.3) is 0 Å². The standard InChI is InChI=1S/C13H11F2NO2/c1-8-4-11(6-13(17)16-8)18-7-9-2-3-10(14)5-12(9)15/h2-6H,7H2,1H3,(H,16,17). The molecule has 2 aromatic rings. The van der Waals surface area contributed by atoms with Crippen LogP contribution in [0.15, 0.2) is 35.1 Å². The van der Waals surface area contributed by atoms with Gasteiger partial charge in [-0.3, -0.25) is 4.79 Å². The van der Waals surface area contributed by atoms with Crippen molar-refractivity contribution in [1.29, 1.82) is 0 Å². The molecular formula is C13H11F2NO2. The number of aromatic amines is 1. The van der Waals surface area contributed by atoms with Gasteiger partial charge in [-0.05, 0) is 25.1 Å². The second-order valence-electron chi connectivity index (χ2n) is 3.89. The SMILES string of the molecule is Cc1cc(OCc2ccc(F)cc2F)cc(=O)[nH]1. The van der Waals surface area contributed by atoms with Gasteiger partial charge in [-0.15, -0.1) is 0 Å². The lowest BCUT2D eigenvalue weighted by atomic mass is 10.2. The summed E-state index contributed by atoms with van der Waals surface area (Å²) in [5.74, 6) is -0.959. The van der Waals surface area contributed by atoms with Crippen molar-refractivity contribution >= 4 is 0 Å². The molecule has 0 saturated heterocycles. The van der Waals surface area contributed by atoms with Gasteiger partial charge in [-0.2, -0.15) is 0 Å². The molecule has 0 radical (unpaired) electrons. The third kappa shape index (κ3) is 2.94. The van der Waals surface area contributed by atoms with E-state index < -0.39 is 11.6 Å². The highest BCUT2D eigenvalue weighted by atomic mass is 19.1. The largest absolute Gasteiger partial charge is 0.489 e. The van der Waals surface area contributed by atoms with Gasteiger partial charge in [0, 0.05) is 23.4 Å². The van der Waals surface area contributed by atoms with E-state index in [0.29, 0.717) is 11.4 Å². The topological polar surface area (TPSA) is 42.1 Å². The minimum atomic E-state index is -0.670. The molecule has 18 heavy (non-hydrogen) atoms. The van der Waals surface area contributed by atoms with Crippen LogP contribution in [0.5, 0.6) is 5.75 Å². The summed E-state index contributed by atoms with van der Waals surface area (Å²) in [4.78, 5) is 13.7. The maximum atomic E-state index is 13.3. The van der Waals surface area contributed by atoms with Gasteiger partial charge in [-0.1, -0.05) is 0 Å². The molecule has 3 nitrogen and oxygen atoms in total. The molecule has 1 N–H and O–H groups in total. The summed E-state index contributed by atoms with van der Waals surface area (Å²) in [5.41, 5.74) is 0.594. The first-order chi connectivity index (χ1) is 8.54. The van der Waals surface area contributed by atoms with Crippen LogP contribution in [0.4, 0.5) is 8.78 Å². The van der Waals surface area contributed by atoms with Crippen LogP contribution in [0.1, 0.15) is 11.3 Å². The smallest absolute Gasteiger partial charge is 0.251 e. The maximum Gasteiger partial charge on any atom is 0.251 e. The number of benzene rings is 1. The molecule has 1 aromatic heterocycles. The number of pyridine rings is 1. The third-order valence-electron chi connectivity index (χ3n) is 2.36. The van der Waals surface area contributed by atoms with Gasteiger partial charge in [0.25, 0.3) is 5.56 Å². The van der Waals surface area contributed by atoms with E-state index in [-0.39, 0.29) is 17.7 Å². The predicted octanol–water partition coefficient (Wildman–Crippen LogP) is 2.54. The van der Waals surface area contributed by atoms with Crippen molar-refractivity contribution in [3.63, 3.8) is 0 Å². The Kier molecular flexibility index (Phi) is 3.41. The quantitative estimate of drug-likeness (QED) is 0.910. The minimum absolute atomic E-state index is 0.0605. The lowest BCUT2D eigenvalue weighted by molar-refractivity contribution is 0.298. The van der Waals surface area contributed by atoms with Gasteiger partial charge >= 0.3 is 0 Å². The Morgan fingerprint density at radius 1 is 1.22 bits per heavy atom. The molecule has 2 rings (SSSR count). The summed E-state index contributed by atoms with van der Waals surface area (Å²) in [6.45, 7) is 1.65. The molecule has 1 aromatic carbocycles. The predicted molar refractivity (Wildman–Crippen MR) is 62.5 cm³/mol. The molecule has 0 amide bonds. The summed E-state index contributed by atoms with van der Waals surface area (Å²) >= 11 is 0. The highest BCUT2D eigenvalue weighted by molar-refractivity contribution is 5.23. The van der Waals surface area contributed by atoms with E-state index >= 15 is 0 Å². The van der Waals surface area contributed by atoms with Crippen LogP contribution in [-0.4, -0.2) is 4.98 Å². The normalized spacial score (nSPS) is 10.4. The Balaban J connectivity index is 2.13. The van der Waals surface area contributed by atoms with E-state index in [1.54, 1.807) is 13.0 Å². The maximum absolute atomic E-state index is 13.3. The zero-order chi connectivity index (χ0) is 13.1. The Morgan fingerprint density at radius 3 is 2.67 bits per heavy atom. The van der Waals surface area contributed by atoms with Crippen molar-refractivity contribution < 1.29 is 13.5 Å². The van der Waals surface area contributed by atoms with E-state index in [9.17, 15) is 13.6 Å². The lowest BCUT2D eigenvalue weighted by Crippen LogP contribution is -2.07. The number of H-pyrrole nitrogens is 1. The molecule has 0 aliphatic rings. The van der Waals surface area contributed by atoms with Crippen molar-refractivity contribution in [1.82, 2.24) is 4.98 Å². The van der Waals surface area contributed by atoms with Crippen LogP contribution < -0.4 is 10.3 Å². The summed E-state index contributed by atoms with van der Waals surface area (Å²) in [7, 11) is 0. The summed E-state index contributed by atoms with van der Waals surface area (Å²) in [5, 5.41) is 0. The Labute approximate surface area is 102 Å². The molecule has 0 spiro atoms. The van der Waals surface area contributed by atoms with Crippen molar-refractivity contribution in [3.8, 4) is 5.75 Å². The molecule has 0 saturated carbocycles. The monoisotopic (exact) mass is 251 g/mol. The number of hydrogen-bond donors (Lipinski definition) is 1. The van der Waals surface area contributed by atoms with Crippen molar-refractivity contribution in [3.05, 3.63) is 63.6 Å². The van der Waals surface area contributed by atoms with Crippen LogP contribution in [0.3, 0.4) is 0 Å². The van der Waals surface area contributed by atoms with Gasteiger partial charge in [0.05, 0.1) is 0 Å². The van der Waals surface area contributed by atoms with Gasteiger partial charge in [0.2, 0.25) is 0 Å². The summed E-state index contributed by atoms with van der Waals surface area (Å²) in [6, 6.07) is 6.16. The van der Waals surface area contributed by atoms with Crippen LogP contribution in [-0.2, 0) is 6.61 Å². The number of hydrogen-bond acceptors (Lipinski definition) is 2. The van der Waals surface area contributed by atoms with Gasteiger partial charge in [0.15, 0.2) is 0 Å². The highest BCUT2D eigenvalue weighted by Gasteiger charge is 2.05. The van der Waals surface area contributed by atoms with Crippen molar-refractivity contribution in [2.75, 3.05) is 0 Å². The van der Waals surface area contributed by atoms with Crippen molar-refractivity contribution in [2.45, 2.75) is 13.5 Å². The Hall–Kier alpha value is -2.17. The highest BCUT2D eigenvalue weighted by Crippen LogP contribution is 2.14. The molecule has 0 aliphatic heterocycles. The molecule has 1 heterocycles. The average molecular weight is 251 g/mol. The first-order valence-corrected chi connectivity index (χ1v) is 5.32. The number of nitrogens with one attached hydrogen (secondary N) is 1. The first kappa shape index (κ1) is 12.3. The molecular weight excluding hydrogens is 240 g/mol. The number of ether oxygens (including phenoxy) is 1. The molecule has 0 atom stereocenters. The van der Waals surface area contributed by atoms with E-state index in [1.807, 2.05) is 0 Å². The average Bonchev–Trinajstić information content (AvgIpc) is 2.26. The van der Waals surface area contributed by atoms with Crippen LogP contribution in [0.2, 0.25) is 0 Å². The molecule has 0 aliphatic carbocycles. The van der Waals surface area contributed by atoms with Crippen molar-refractivity contribution in [2.24, 2.45) is 0 Å². The number of aromatic nitrogens is 1. The molecule has 0 bridgehead atoms. The molecule has 0 unspecified atom stereocenters. The number of rotatable bonds is 3. The Bertz CT molecular complexity index is 623. The molecule has 0 fully saturated rings. The zero-order valence-electron chi connectivity index (χ0n) is 9.67. The number of halogens is 2. The minimum Gasteiger partial charge on any atom is -0.489 e. The summed E-state index contributed by atoms with van der Waals surface area (Å²) < 4.78 is 31.3. The van der Waals surface area contributed by atoms with E-state index in [0.717, 1.165) is 12.1 Å². The van der Waals surface area contributed by atoms with E-state index in [4.69, 9.17) is 4.74 Å². The zero-order valence-corrected chi connectivity index (χ0v) is 9.67. The molecule has 5 heteroatoms. The van der Waals surface area contributed by atoms with Crippen LogP contribution >= 0.6 is 0 Å². The van der Waals surface area contributed by atoms with E-state index in [1.165, 1.54) is 12.1 Å². The van der Waals surface area contributed by atoms with E-state index in [2.05, 4.69) is 4.98 Å². The number of aryl methyl sites for hydroxylation is 1. The third-order valence-corrected chi connectivity index (χ3v) is 2.36.